The van der Waals surface area contributed by atoms with Crippen molar-refractivity contribution in [1.82, 2.24) is 24.6 Å². The molecule has 212 valence electrons. The van der Waals surface area contributed by atoms with Crippen LogP contribution in [0.15, 0.2) is 58.3 Å². The maximum absolute atomic E-state index is 14.3. The number of ether oxygens (including phenoxy) is 1. The first kappa shape index (κ1) is 28.1. The first-order valence-corrected chi connectivity index (χ1v) is 13.6. The fourth-order valence-corrected chi connectivity index (χ4v) is 5.62. The summed E-state index contributed by atoms with van der Waals surface area (Å²) in [5, 5.41) is 4.16. The molecule has 10 nitrogen and oxygen atoms in total. The van der Waals surface area contributed by atoms with Crippen molar-refractivity contribution in [1.29, 1.82) is 0 Å². The van der Waals surface area contributed by atoms with Crippen molar-refractivity contribution in [2.75, 3.05) is 45.9 Å². The highest BCUT2D eigenvalue weighted by molar-refractivity contribution is 7.98. The predicted molar refractivity (Wildman–Crippen MR) is 136 cm³/mol. The van der Waals surface area contributed by atoms with Crippen LogP contribution in [0.2, 0.25) is 0 Å². The second kappa shape index (κ2) is 11.9. The van der Waals surface area contributed by atoms with E-state index in [1.165, 1.54) is 28.2 Å². The van der Waals surface area contributed by atoms with Gasteiger partial charge in [0.2, 0.25) is 5.91 Å². The number of rotatable bonds is 7. The Kier molecular flexibility index (Phi) is 8.38. The van der Waals surface area contributed by atoms with Crippen LogP contribution in [0.5, 0.6) is 0 Å². The number of furan rings is 1. The molecule has 5 rings (SSSR count). The maximum Gasteiger partial charge on any atom is 0.394 e. The summed E-state index contributed by atoms with van der Waals surface area (Å²) in [6, 6.07) is 12.1. The number of ketones is 1. The molecule has 2 atom stereocenters. The molecule has 0 radical (unpaired) electrons. The van der Waals surface area contributed by atoms with Crippen molar-refractivity contribution >= 4 is 29.4 Å². The van der Waals surface area contributed by atoms with Gasteiger partial charge < -0.3 is 14.1 Å². The quantitative estimate of drug-likeness (QED) is 0.392. The van der Waals surface area contributed by atoms with Gasteiger partial charge in [0.25, 0.3) is 0 Å². The van der Waals surface area contributed by atoms with Gasteiger partial charge >= 0.3 is 12.1 Å². The van der Waals surface area contributed by atoms with E-state index < -0.39 is 36.2 Å². The van der Waals surface area contributed by atoms with Crippen LogP contribution in [0.1, 0.15) is 27.9 Å². The Balaban J connectivity index is 1.41. The van der Waals surface area contributed by atoms with Crippen molar-refractivity contribution in [3.63, 3.8) is 0 Å². The topological polar surface area (TPSA) is 111 Å². The molecule has 4 heterocycles. The summed E-state index contributed by atoms with van der Waals surface area (Å²) in [7, 11) is 0. The van der Waals surface area contributed by atoms with E-state index >= 15 is 0 Å². The third-order valence-electron chi connectivity index (χ3n) is 6.73. The van der Waals surface area contributed by atoms with Crippen LogP contribution in [0.25, 0.3) is 0 Å². The second-order valence-corrected chi connectivity index (χ2v) is 10.4. The summed E-state index contributed by atoms with van der Waals surface area (Å²) in [5.41, 5.74) is 0.900. The van der Waals surface area contributed by atoms with Crippen molar-refractivity contribution in [2.24, 2.45) is 5.92 Å². The lowest BCUT2D eigenvalue weighted by atomic mass is 9.83. The lowest BCUT2D eigenvalue weighted by Crippen LogP contribution is -2.54. The number of halogens is 3. The number of alkyl halides is 3. The normalized spacial score (nSPS) is 20.6. The monoisotopic (exact) mass is 577 g/mol. The average molecular weight is 578 g/mol. The van der Waals surface area contributed by atoms with Crippen molar-refractivity contribution < 1.29 is 36.7 Å². The third-order valence-corrected chi connectivity index (χ3v) is 7.73. The number of carbonyl (C=O) groups is 3. The molecule has 2 aromatic heterocycles. The fourth-order valence-electron chi connectivity index (χ4n) is 4.73. The predicted octanol–water partition coefficient (Wildman–Crippen LogP) is 2.86. The first-order chi connectivity index (χ1) is 19.2. The number of hydrogen-bond acceptors (Lipinski definition) is 9. The number of benzene rings is 1. The molecule has 0 saturated carbocycles. The van der Waals surface area contributed by atoms with Gasteiger partial charge in [-0.1, -0.05) is 42.1 Å². The van der Waals surface area contributed by atoms with Gasteiger partial charge in [0, 0.05) is 25.4 Å². The molecule has 0 spiro atoms. The maximum atomic E-state index is 14.3. The van der Waals surface area contributed by atoms with Crippen LogP contribution in [-0.2, 0) is 20.1 Å². The van der Waals surface area contributed by atoms with Crippen LogP contribution in [0.4, 0.5) is 13.2 Å². The number of Topliss-reactive ketones (excluding diaryl/α,β-unsaturated/α-hetero) is 1. The number of likely N-dealkylation sites (tertiary alicyclic amines) is 1. The molecule has 0 N–H and O–H groups in total. The lowest BCUT2D eigenvalue weighted by molar-refractivity contribution is -0.194. The van der Waals surface area contributed by atoms with E-state index in [2.05, 4.69) is 10.1 Å². The molecule has 0 bridgehead atoms. The van der Waals surface area contributed by atoms with Gasteiger partial charge in [0.1, 0.15) is 0 Å². The Morgan fingerprint density at radius 2 is 1.82 bits per heavy atom. The average Bonchev–Trinajstić information content (AvgIpc) is 3.63. The van der Waals surface area contributed by atoms with Gasteiger partial charge in [-0.2, -0.15) is 17.9 Å². The van der Waals surface area contributed by atoms with Gasteiger partial charge in [-0.05, 0) is 17.7 Å². The lowest BCUT2D eigenvalue weighted by Gasteiger charge is -2.38. The minimum Gasteiger partial charge on any atom is -0.459 e. The molecule has 1 aromatic carbocycles. The molecule has 2 aliphatic heterocycles. The number of thioether (sulfide) groups is 1. The molecule has 14 heteroatoms. The zero-order chi connectivity index (χ0) is 28.3. The van der Waals surface area contributed by atoms with Crippen molar-refractivity contribution in [3.8, 4) is 0 Å². The zero-order valence-corrected chi connectivity index (χ0v) is 22.1. The molecule has 40 heavy (non-hydrogen) atoms. The molecule has 2 fully saturated rings. The molecule has 2 unspecified atom stereocenters. The van der Waals surface area contributed by atoms with Gasteiger partial charge in [-0.15, -0.1) is 5.10 Å². The summed E-state index contributed by atoms with van der Waals surface area (Å²) in [5.74, 6) is -5.83. The number of aromatic nitrogens is 3. The van der Waals surface area contributed by atoms with E-state index in [-0.39, 0.29) is 35.7 Å². The van der Waals surface area contributed by atoms with E-state index in [4.69, 9.17) is 9.15 Å². The molecule has 2 saturated heterocycles. The van der Waals surface area contributed by atoms with E-state index in [0.717, 1.165) is 22.0 Å². The number of piperidine rings is 1. The molecule has 3 aromatic rings. The summed E-state index contributed by atoms with van der Waals surface area (Å²) in [6.45, 7) is 0.133. The van der Waals surface area contributed by atoms with E-state index in [1.807, 2.05) is 30.3 Å². The van der Waals surface area contributed by atoms with Gasteiger partial charge in [0.15, 0.2) is 22.5 Å². The Hall–Kier alpha value is -3.49. The van der Waals surface area contributed by atoms with E-state index in [9.17, 15) is 27.6 Å². The van der Waals surface area contributed by atoms with Crippen LogP contribution in [0, 0.1) is 5.92 Å². The summed E-state index contributed by atoms with van der Waals surface area (Å²) in [6.07, 6.45) is -3.49. The zero-order valence-electron chi connectivity index (χ0n) is 21.2. The number of hydrogen-bond donors (Lipinski definition) is 0. The third kappa shape index (κ3) is 6.29. The van der Waals surface area contributed by atoms with Gasteiger partial charge in [-0.25, -0.2) is 4.98 Å². The molecule has 0 aliphatic carbocycles. The number of amides is 1. The van der Waals surface area contributed by atoms with Gasteiger partial charge in [0.05, 0.1) is 44.4 Å². The molecular weight excluding hydrogens is 551 g/mol. The second-order valence-electron chi connectivity index (χ2n) is 9.48. The van der Waals surface area contributed by atoms with Crippen molar-refractivity contribution in [2.45, 2.75) is 23.0 Å². The smallest absolute Gasteiger partial charge is 0.394 e. The molecule has 1 amide bonds. The number of morpholine rings is 1. The minimum atomic E-state index is -4.78. The van der Waals surface area contributed by atoms with Crippen LogP contribution < -0.4 is 0 Å². The SMILES string of the molecule is O=C1CN(CC(=O)N2CCOCC2)CC(C(F)(F)F)C1c1nc(SCc2ccccc2)n(C(=O)c2ccco2)n1. The Morgan fingerprint density at radius 3 is 2.50 bits per heavy atom. The standard InChI is InChI=1S/C26H26F3N5O5S/c27-26(28,29)18-13-32(15-21(36)33-8-11-38-12-9-33)14-19(35)22(18)23-30-25(40-16-17-5-2-1-3-6-17)34(31-23)24(37)20-7-4-10-39-20/h1-7,10,18,22H,8-9,11-16H2. The van der Waals surface area contributed by atoms with Crippen LogP contribution >= 0.6 is 11.8 Å². The molecule has 2 aliphatic rings. The number of carbonyl (C=O) groups excluding carboxylic acids is 3. The van der Waals surface area contributed by atoms with Crippen LogP contribution in [0.3, 0.4) is 0 Å². The minimum absolute atomic E-state index is 0.0407. The summed E-state index contributed by atoms with van der Waals surface area (Å²) < 4.78 is 54.3. The summed E-state index contributed by atoms with van der Waals surface area (Å²) >= 11 is 1.11. The number of nitrogens with zero attached hydrogens (tertiary/aromatic N) is 5. The summed E-state index contributed by atoms with van der Waals surface area (Å²) in [4.78, 5) is 46.0. The van der Waals surface area contributed by atoms with Gasteiger partial charge in [-0.3, -0.25) is 19.3 Å². The highest BCUT2D eigenvalue weighted by Gasteiger charge is 2.53. The first-order valence-electron chi connectivity index (χ1n) is 12.6. The Labute approximate surface area is 231 Å². The van der Waals surface area contributed by atoms with E-state index in [0.29, 0.717) is 32.1 Å². The molecular formula is C26H26F3N5O5S. The van der Waals surface area contributed by atoms with Crippen molar-refractivity contribution in [3.05, 3.63) is 65.9 Å². The largest absolute Gasteiger partial charge is 0.459 e. The Bertz CT molecular complexity index is 1340. The Morgan fingerprint density at radius 1 is 1.07 bits per heavy atom. The van der Waals surface area contributed by atoms with Crippen LogP contribution in [-0.4, -0.2) is 94.3 Å². The fraction of sp³-hybridized carbons (Fsp3) is 0.423. The highest BCUT2D eigenvalue weighted by atomic mass is 32.2. The van der Waals surface area contributed by atoms with E-state index in [1.54, 1.807) is 0 Å². The highest BCUT2D eigenvalue weighted by Crippen LogP contribution is 2.41.